The van der Waals surface area contributed by atoms with Crippen LogP contribution < -0.4 is 10.6 Å². The SMILES string of the molecule is O=C(N[C@@H]1CCNC1)c1cccn1CC(F)(F)F. The van der Waals surface area contributed by atoms with Gasteiger partial charge in [0.1, 0.15) is 12.2 Å². The van der Waals surface area contributed by atoms with E-state index in [0.29, 0.717) is 6.54 Å². The average molecular weight is 261 g/mol. The highest BCUT2D eigenvalue weighted by Crippen LogP contribution is 2.19. The molecule has 0 spiro atoms. The lowest BCUT2D eigenvalue weighted by atomic mass is 10.2. The molecule has 4 nitrogen and oxygen atoms in total. The third-order valence-electron chi connectivity index (χ3n) is 2.81. The number of nitrogens with one attached hydrogen (secondary N) is 2. The first-order chi connectivity index (χ1) is 8.46. The van der Waals surface area contributed by atoms with Crippen LogP contribution in [0.4, 0.5) is 13.2 Å². The summed E-state index contributed by atoms with van der Waals surface area (Å²) in [7, 11) is 0. The van der Waals surface area contributed by atoms with E-state index in [1.54, 1.807) is 0 Å². The van der Waals surface area contributed by atoms with Crippen molar-refractivity contribution in [3.8, 4) is 0 Å². The Kier molecular flexibility index (Phi) is 3.60. The number of aromatic nitrogens is 1. The topological polar surface area (TPSA) is 46.1 Å². The van der Waals surface area contributed by atoms with Gasteiger partial charge in [0.25, 0.3) is 5.91 Å². The van der Waals surface area contributed by atoms with Gasteiger partial charge in [-0.15, -0.1) is 0 Å². The fourth-order valence-electron chi connectivity index (χ4n) is 1.99. The Labute approximate surface area is 102 Å². The maximum absolute atomic E-state index is 12.3. The Bertz CT molecular complexity index is 421. The molecule has 1 fully saturated rings. The number of hydrogen-bond donors (Lipinski definition) is 2. The first-order valence-corrected chi connectivity index (χ1v) is 5.69. The Morgan fingerprint density at radius 2 is 2.33 bits per heavy atom. The highest BCUT2D eigenvalue weighted by atomic mass is 19.4. The van der Waals surface area contributed by atoms with Gasteiger partial charge in [-0.2, -0.15) is 13.2 Å². The third-order valence-corrected chi connectivity index (χ3v) is 2.81. The first kappa shape index (κ1) is 12.9. The van der Waals surface area contributed by atoms with Crippen molar-refractivity contribution in [1.29, 1.82) is 0 Å². The zero-order valence-corrected chi connectivity index (χ0v) is 9.63. The van der Waals surface area contributed by atoms with Gasteiger partial charge in [0.15, 0.2) is 0 Å². The molecular weight excluding hydrogens is 247 g/mol. The second-order valence-corrected chi connectivity index (χ2v) is 4.30. The molecule has 1 aliphatic rings. The van der Waals surface area contributed by atoms with Crippen LogP contribution in [-0.2, 0) is 6.54 Å². The quantitative estimate of drug-likeness (QED) is 0.857. The Hall–Kier alpha value is -1.50. The number of hydrogen-bond acceptors (Lipinski definition) is 2. The Morgan fingerprint density at radius 1 is 1.56 bits per heavy atom. The molecule has 1 saturated heterocycles. The van der Waals surface area contributed by atoms with Crippen LogP contribution in [0.2, 0.25) is 0 Å². The summed E-state index contributed by atoms with van der Waals surface area (Å²) < 4.78 is 37.8. The summed E-state index contributed by atoms with van der Waals surface area (Å²) in [5, 5.41) is 5.79. The van der Waals surface area contributed by atoms with Crippen molar-refractivity contribution in [3.63, 3.8) is 0 Å². The number of carbonyl (C=O) groups is 1. The number of amides is 1. The van der Waals surface area contributed by atoms with Crippen LogP contribution in [0, 0.1) is 0 Å². The van der Waals surface area contributed by atoms with Crippen LogP contribution in [0.25, 0.3) is 0 Å². The lowest BCUT2D eigenvalue weighted by Gasteiger charge is -2.14. The average Bonchev–Trinajstić information content (AvgIpc) is 2.86. The summed E-state index contributed by atoms with van der Waals surface area (Å²) in [5.41, 5.74) is 0.0409. The molecule has 1 atom stereocenters. The van der Waals surface area contributed by atoms with E-state index in [1.165, 1.54) is 18.3 Å². The summed E-state index contributed by atoms with van der Waals surface area (Å²) in [5.74, 6) is -0.460. The molecule has 1 amide bonds. The third kappa shape index (κ3) is 3.25. The van der Waals surface area contributed by atoms with Gasteiger partial charge in [-0.05, 0) is 25.1 Å². The van der Waals surface area contributed by atoms with Crippen LogP contribution in [-0.4, -0.2) is 35.8 Å². The molecule has 1 aromatic rings. The molecule has 0 saturated carbocycles. The molecule has 0 aromatic carbocycles. The molecule has 100 valence electrons. The summed E-state index contributed by atoms with van der Waals surface area (Å²) >= 11 is 0. The fraction of sp³-hybridized carbons (Fsp3) is 0.545. The van der Waals surface area contributed by atoms with E-state index in [1.807, 2.05) is 0 Å². The van der Waals surface area contributed by atoms with Crippen LogP contribution in [0.3, 0.4) is 0 Å². The molecule has 2 heterocycles. The molecule has 0 radical (unpaired) electrons. The molecule has 0 unspecified atom stereocenters. The molecule has 1 aliphatic heterocycles. The lowest BCUT2D eigenvalue weighted by Crippen LogP contribution is -2.37. The smallest absolute Gasteiger partial charge is 0.347 e. The molecule has 1 aromatic heterocycles. The van der Waals surface area contributed by atoms with E-state index in [0.717, 1.165) is 17.5 Å². The van der Waals surface area contributed by atoms with Crippen molar-refractivity contribution >= 4 is 5.91 Å². The number of carbonyl (C=O) groups excluding carboxylic acids is 1. The largest absolute Gasteiger partial charge is 0.406 e. The monoisotopic (exact) mass is 261 g/mol. The van der Waals surface area contributed by atoms with E-state index < -0.39 is 18.6 Å². The van der Waals surface area contributed by atoms with Gasteiger partial charge in [-0.3, -0.25) is 4.79 Å². The van der Waals surface area contributed by atoms with Crippen LogP contribution in [0.15, 0.2) is 18.3 Å². The van der Waals surface area contributed by atoms with Gasteiger partial charge in [0, 0.05) is 18.8 Å². The normalized spacial score (nSPS) is 20.1. The first-order valence-electron chi connectivity index (χ1n) is 5.69. The number of nitrogens with zero attached hydrogens (tertiary/aromatic N) is 1. The minimum absolute atomic E-state index is 0.00765. The fourth-order valence-corrected chi connectivity index (χ4v) is 1.99. The Morgan fingerprint density at radius 3 is 2.94 bits per heavy atom. The van der Waals surface area contributed by atoms with Crippen LogP contribution in [0.5, 0.6) is 0 Å². The summed E-state index contributed by atoms with van der Waals surface area (Å²) in [6, 6.07) is 2.82. The van der Waals surface area contributed by atoms with E-state index in [2.05, 4.69) is 10.6 Å². The Balaban J connectivity index is 2.03. The summed E-state index contributed by atoms with van der Waals surface area (Å²) in [6.07, 6.45) is -2.27. The minimum atomic E-state index is -4.33. The van der Waals surface area contributed by atoms with Crippen molar-refractivity contribution in [1.82, 2.24) is 15.2 Å². The minimum Gasteiger partial charge on any atom is -0.347 e. The zero-order valence-electron chi connectivity index (χ0n) is 9.63. The second-order valence-electron chi connectivity index (χ2n) is 4.30. The highest BCUT2D eigenvalue weighted by Gasteiger charge is 2.29. The van der Waals surface area contributed by atoms with Gasteiger partial charge in [-0.1, -0.05) is 0 Å². The van der Waals surface area contributed by atoms with E-state index in [-0.39, 0.29) is 11.7 Å². The predicted octanol–water partition coefficient (Wildman–Crippen LogP) is 1.14. The molecule has 7 heteroatoms. The summed E-state index contributed by atoms with van der Waals surface area (Å²) in [6.45, 7) is 0.325. The molecule has 2 rings (SSSR count). The molecule has 0 aliphatic carbocycles. The van der Waals surface area contributed by atoms with E-state index in [9.17, 15) is 18.0 Å². The van der Waals surface area contributed by atoms with Crippen molar-refractivity contribution < 1.29 is 18.0 Å². The van der Waals surface area contributed by atoms with Crippen molar-refractivity contribution in [2.45, 2.75) is 25.2 Å². The standard InChI is InChI=1S/C11H14F3N3O/c12-11(13,14)7-17-5-1-2-9(17)10(18)16-8-3-4-15-6-8/h1-2,5,8,15H,3-4,6-7H2,(H,16,18)/t8-/m1/s1. The highest BCUT2D eigenvalue weighted by molar-refractivity contribution is 5.93. The van der Waals surface area contributed by atoms with Crippen LogP contribution in [0.1, 0.15) is 16.9 Å². The van der Waals surface area contributed by atoms with Crippen LogP contribution >= 0.6 is 0 Å². The van der Waals surface area contributed by atoms with Crippen molar-refractivity contribution in [3.05, 3.63) is 24.0 Å². The van der Waals surface area contributed by atoms with Gasteiger partial charge < -0.3 is 15.2 Å². The molecular formula is C11H14F3N3O. The number of rotatable bonds is 3. The number of halogens is 3. The maximum Gasteiger partial charge on any atom is 0.406 e. The van der Waals surface area contributed by atoms with E-state index >= 15 is 0 Å². The van der Waals surface area contributed by atoms with E-state index in [4.69, 9.17) is 0 Å². The van der Waals surface area contributed by atoms with Gasteiger partial charge in [0.05, 0.1) is 0 Å². The lowest BCUT2D eigenvalue weighted by molar-refractivity contribution is -0.140. The summed E-state index contributed by atoms with van der Waals surface area (Å²) in [4.78, 5) is 11.8. The van der Waals surface area contributed by atoms with Gasteiger partial charge >= 0.3 is 6.18 Å². The van der Waals surface area contributed by atoms with Crippen molar-refractivity contribution in [2.75, 3.05) is 13.1 Å². The van der Waals surface area contributed by atoms with Crippen molar-refractivity contribution in [2.24, 2.45) is 0 Å². The molecule has 2 N–H and O–H groups in total. The van der Waals surface area contributed by atoms with Gasteiger partial charge in [-0.25, -0.2) is 0 Å². The van der Waals surface area contributed by atoms with Gasteiger partial charge in [0.2, 0.25) is 0 Å². The second kappa shape index (κ2) is 5.01. The zero-order chi connectivity index (χ0) is 13.2. The molecule has 18 heavy (non-hydrogen) atoms. The predicted molar refractivity (Wildman–Crippen MR) is 59.2 cm³/mol. The molecule has 0 bridgehead atoms. The number of alkyl halides is 3. The maximum atomic E-state index is 12.3.